The fourth-order valence-corrected chi connectivity index (χ4v) is 2.97. The number of rotatable bonds is 5. The largest absolute Gasteiger partial charge is 0.485 e. The monoisotopic (exact) mass is 334 g/mol. The zero-order chi connectivity index (χ0) is 16.9. The van der Waals surface area contributed by atoms with Crippen LogP contribution in [0.5, 0.6) is 5.75 Å². The summed E-state index contributed by atoms with van der Waals surface area (Å²) in [5.74, 6) is 0.942. The Labute approximate surface area is 139 Å². The summed E-state index contributed by atoms with van der Waals surface area (Å²) in [4.78, 5) is 16.1. The molecule has 1 fully saturated rings. The maximum Gasteiger partial charge on any atom is 0.308 e. The molecule has 0 radical (unpaired) electrons. The Morgan fingerprint density at radius 1 is 1.33 bits per heavy atom. The first kappa shape index (κ1) is 16.4. The Morgan fingerprint density at radius 3 is 2.88 bits per heavy atom. The van der Waals surface area contributed by atoms with Gasteiger partial charge in [0.25, 0.3) is 0 Å². The highest BCUT2D eigenvalue weighted by Gasteiger charge is 2.31. The molecule has 1 heterocycles. The summed E-state index contributed by atoms with van der Waals surface area (Å²) in [6.45, 7) is 0.141. The Balaban J connectivity index is 1.58. The van der Waals surface area contributed by atoms with E-state index in [4.69, 9.17) is 14.0 Å². The van der Waals surface area contributed by atoms with E-state index in [0.717, 1.165) is 19.3 Å². The van der Waals surface area contributed by atoms with E-state index in [0.29, 0.717) is 23.9 Å². The van der Waals surface area contributed by atoms with Crippen molar-refractivity contribution in [1.29, 1.82) is 0 Å². The molecule has 1 aliphatic rings. The molecule has 7 heteroatoms. The van der Waals surface area contributed by atoms with E-state index in [1.54, 1.807) is 12.1 Å². The number of methoxy groups -OCH3 is 1. The molecule has 0 N–H and O–H groups in total. The van der Waals surface area contributed by atoms with Gasteiger partial charge in [0, 0.05) is 5.92 Å². The quantitative estimate of drug-likeness (QED) is 0.782. The lowest BCUT2D eigenvalue weighted by Crippen LogP contribution is -2.23. The first-order chi connectivity index (χ1) is 11.7. The van der Waals surface area contributed by atoms with Crippen molar-refractivity contribution in [2.45, 2.75) is 38.2 Å². The molecule has 2 atom stereocenters. The van der Waals surface area contributed by atoms with Crippen molar-refractivity contribution in [2.24, 2.45) is 5.92 Å². The summed E-state index contributed by atoms with van der Waals surface area (Å²) in [6.07, 6.45) is 3.33. The molecule has 0 amide bonds. The van der Waals surface area contributed by atoms with Crippen LogP contribution < -0.4 is 4.74 Å². The molecular formula is C17H19FN2O4. The van der Waals surface area contributed by atoms with Crippen molar-refractivity contribution in [3.8, 4) is 5.75 Å². The van der Waals surface area contributed by atoms with Crippen LogP contribution in [0.2, 0.25) is 0 Å². The molecule has 0 bridgehead atoms. The third kappa shape index (κ3) is 3.90. The summed E-state index contributed by atoms with van der Waals surface area (Å²) >= 11 is 0. The summed E-state index contributed by atoms with van der Waals surface area (Å²) in [5.41, 5.74) is 0. The zero-order valence-electron chi connectivity index (χ0n) is 13.4. The first-order valence-corrected chi connectivity index (χ1v) is 7.94. The van der Waals surface area contributed by atoms with Crippen LogP contribution in [-0.4, -0.2) is 23.2 Å². The Hall–Kier alpha value is -2.44. The van der Waals surface area contributed by atoms with E-state index in [1.165, 1.54) is 19.2 Å². The predicted molar refractivity (Wildman–Crippen MR) is 81.7 cm³/mol. The third-order valence-corrected chi connectivity index (χ3v) is 4.22. The molecule has 128 valence electrons. The molecule has 1 aromatic heterocycles. The SMILES string of the molecule is COC(=O)[C@H]1CCC[C@@H](c2nc(COc3ccc(F)cc3)no2)C1. The van der Waals surface area contributed by atoms with Gasteiger partial charge in [-0.05, 0) is 43.5 Å². The molecule has 1 aliphatic carbocycles. The van der Waals surface area contributed by atoms with Gasteiger partial charge in [0.15, 0.2) is 6.61 Å². The van der Waals surface area contributed by atoms with Crippen LogP contribution in [0.25, 0.3) is 0 Å². The zero-order valence-corrected chi connectivity index (χ0v) is 13.4. The number of carbonyl (C=O) groups excluding carboxylic acids is 1. The van der Waals surface area contributed by atoms with Crippen molar-refractivity contribution >= 4 is 5.97 Å². The molecule has 1 saturated carbocycles. The lowest BCUT2D eigenvalue weighted by molar-refractivity contribution is -0.146. The highest BCUT2D eigenvalue weighted by molar-refractivity contribution is 5.72. The summed E-state index contributed by atoms with van der Waals surface area (Å²) in [7, 11) is 1.41. The number of hydrogen-bond acceptors (Lipinski definition) is 6. The number of esters is 1. The molecule has 0 aliphatic heterocycles. The van der Waals surface area contributed by atoms with E-state index in [9.17, 15) is 9.18 Å². The van der Waals surface area contributed by atoms with Crippen molar-refractivity contribution in [3.05, 3.63) is 41.8 Å². The minimum atomic E-state index is -0.318. The van der Waals surface area contributed by atoms with Gasteiger partial charge in [-0.15, -0.1) is 0 Å². The van der Waals surface area contributed by atoms with Gasteiger partial charge in [0.05, 0.1) is 13.0 Å². The molecular weight excluding hydrogens is 315 g/mol. The first-order valence-electron chi connectivity index (χ1n) is 7.94. The molecule has 24 heavy (non-hydrogen) atoms. The topological polar surface area (TPSA) is 74.5 Å². The molecule has 2 aromatic rings. The minimum absolute atomic E-state index is 0.0647. The third-order valence-electron chi connectivity index (χ3n) is 4.22. The molecule has 0 saturated heterocycles. The highest BCUT2D eigenvalue weighted by Crippen LogP contribution is 2.36. The normalized spacial score (nSPS) is 20.6. The van der Waals surface area contributed by atoms with Gasteiger partial charge in [0.1, 0.15) is 11.6 Å². The van der Waals surface area contributed by atoms with Gasteiger partial charge >= 0.3 is 5.97 Å². The summed E-state index contributed by atoms with van der Waals surface area (Å²) < 4.78 is 28.5. The number of ether oxygens (including phenoxy) is 2. The Morgan fingerprint density at radius 2 is 2.12 bits per heavy atom. The number of hydrogen-bond donors (Lipinski definition) is 0. The maximum absolute atomic E-state index is 12.8. The van der Waals surface area contributed by atoms with Gasteiger partial charge < -0.3 is 14.0 Å². The van der Waals surface area contributed by atoms with Crippen LogP contribution in [-0.2, 0) is 16.1 Å². The smallest absolute Gasteiger partial charge is 0.308 e. The number of benzene rings is 1. The van der Waals surface area contributed by atoms with E-state index in [1.807, 2.05) is 0 Å². The number of nitrogens with zero attached hydrogens (tertiary/aromatic N) is 2. The van der Waals surface area contributed by atoms with Crippen molar-refractivity contribution in [3.63, 3.8) is 0 Å². The Bertz CT molecular complexity index is 686. The Kier molecular flexibility index (Phi) is 5.08. The van der Waals surface area contributed by atoms with Gasteiger partial charge in [-0.3, -0.25) is 4.79 Å². The van der Waals surface area contributed by atoms with Gasteiger partial charge in [-0.1, -0.05) is 11.6 Å². The summed E-state index contributed by atoms with van der Waals surface area (Å²) in [6, 6.07) is 5.73. The predicted octanol–water partition coefficient (Wildman–Crippen LogP) is 3.23. The van der Waals surface area contributed by atoms with E-state index >= 15 is 0 Å². The second-order valence-electron chi connectivity index (χ2n) is 5.88. The average molecular weight is 334 g/mol. The van der Waals surface area contributed by atoms with Crippen LogP contribution in [0.1, 0.15) is 43.3 Å². The lowest BCUT2D eigenvalue weighted by atomic mass is 9.81. The fraction of sp³-hybridized carbons (Fsp3) is 0.471. The number of halogens is 1. The second-order valence-corrected chi connectivity index (χ2v) is 5.88. The molecule has 0 unspecified atom stereocenters. The van der Waals surface area contributed by atoms with E-state index < -0.39 is 0 Å². The van der Waals surface area contributed by atoms with Crippen molar-refractivity contribution in [1.82, 2.24) is 10.1 Å². The van der Waals surface area contributed by atoms with E-state index in [-0.39, 0.29) is 30.2 Å². The van der Waals surface area contributed by atoms with Gasteiger partial charge in [0.2, 0.25) is 11.7 Å². The van der Waals surface area contributed by atoms with Crippen LogP contribution in [0.3, 0.4) is 0 Å². The minimum Gasteiger partial charge on any atom is -0.485 e. The van der Waals surface area contributed by atoms with Crippen LogP contribution >= 0.6 is 0 Å². The van der Waals surface area contributed by atoms with Crippen LogP contribution in [0.4, 0.5) is 4.39 Å². The number of aromatic nitrogens is 2. The van der Waals surface area contributed by atoms with Crippen molar-refractivity contribution < 1.29 is 23.2 Å². The fourth-order valence-electron chi connectivity index (χ4n) is 2.97. The average Bonchev–Trinajstić information content (AvgIpc) is 3.10. The number of carbonyl (C=O) groups is 1. The van der Waals surface area contributed by atoms with Gasteiger partial charge in [-0.25, -0.2) is 4.39 Å². The van der Waals surface area contributed by atoms with Crippen molar-refractivity contribution in [2.75, 3.05) is 7.11 Å². The molecule has 6 nitrogen and oxygen atoms in total. The second kappa shape index (κ2) is 7.42. The highest BCUT2D eigenvalue weighted by atomic mass is 19.1. The molecule has 3 rings (SSSR count). The van der Waals surface area contributed by atoms with Crippen LogP contribution in [0, 0.1) is 11.7 Å². The van der Waals surface area contributed by atoms with Gasteiger partial charge in [-0.2, -0.15) is 4.98 Å². The lowest BCUT2D eigenvalue weighted by Gasteiger charge is -2.24. The maximum atomic E-state index is 12.8. The van der Waals surface area contributed by atoms with Crippen LogP contribution in [0.15, 0.2) is 28.8 Å². The summed E-state index contributed by atoms with van der Waals surface area (Å²) in [5, 5.41) is 3.91. The standard InChI is InChI=1S/C17H19FN2O4/c1-22-17(21)12-4-2-3-11(9-12)16-19-15(20-24-16)10-23-14-7-5-13(18)6-8-14/h5-8,11-12H,2-4,9-10H2,1H3/t11-,12+/m1/s1. The van der Waals surface area contributed by atoms with E-state index in [2.05, 4.69) is 10.1 Å². The molecule has 0 spiro atoms. The molecule has 1 aromatic carbocycles.